The van der Waals surface area contributed by atoms with E-state index in [1.165, 1.54) is 10.4 Å². The van der Waals surface area contributed by atoms with E-state index in [1.807, 2.05) is 11.3 Å². The van der Waals surface area contributed by atoms with Crippen molar-refractivity contribution < 1.29 is 0 Å². The Kier molecular flexibility index (Phi) is 2.35. The van der Waals surface area contributed by atoms with Gasteiger partial charge < -0.3 is 9.88 Å². The molecule has 0 amide bonds. The highest BCUT2D eigenvalue weighted by Gasteiger charge is 2.20. The number of anilines is 1. The highest BCUT2D eigenvalue weighted by Crippen LogP contribution is 2.30. The van der Waals surface area contributed by atoms with Crippen LogP contribution in [0.4, 0.5) is 5.82 Å². The molecule has 0 bridgehead atoms. The summed E-state index contributed by atoms with van der Waals surface area (Å²) in [6.45, 7) is 4.03. The minimum atomic E-state index is 0.947. The monoisotopic (exact) mass is 270 g/mol. The van der Waals surface area contributed by atoms with Crippen LogP contribution in [0.25, 0.3) is 11.0 Å². The van der Waals surface area contributed by atoms with Crippen LogP contribution in [0.1, 0.15) is 16.1 Å². The van der Waals surface area contributed by atoms with Crippen LogP contribution < -0.4 is 4.90 Å². The SMILES string of the molecule is Cc1cc2ncnc(N3CCc4sccc4C3)c2[nH]1. The Bertz CT molecular complexity index is 743. The van der Waals surface area contributed by atoms with Gasteiger partial charge in [0.2, 0.25) is 0 Å². The molecule has 3 aromatic rings. The zero-order valence-corrected chi connectivity index (χ0v) is 11.5. The number of rotatable bonds is 1. The first-order valence-electron chi connectivity index (χ1n) is 6.42. The van der Waals surface area contributed by atoms with Gasteiger partial charge in [-0.05, 0) is 36.4 Å². The largest absolute Gasteiger partial charge is 0.354 e. The second kappa shape index (κ2) is 4.06. The first-order valence-corrected chi connectivity index (χ1v) is 7.30. The van der Waals surface area contributed by atoms with Gasteiger partial charge in [0.05, 0.1) is 5.52 Å². The lowest BCUT2D eigenvalue weighted by molar-refractivity contribution is 0.733. The summed E-state index contributed by atoms with van der Waals surface area (Å²) in [5.41, 5.74) is 4.62. The van der Waals surface area contributed by atoms with Crippen molar-refractivity contribution in [3.8, 4) is 0 Å². The summed E-state index contributed by atoms with van der Waals surface area (Å²) >= 11 is 1.86. The van der Waals surface area contributed by atoms with Crippen LogP contribution in [0, 0.1) is 6.92 Å². The van der Waals surface area contributed by atoms with Crippen LogP contribution >= 0.6 is 11.3 Å². The van der Waals surface area contributed by atoms with Crippen molar-refractivity contribution in [1.29, 1.82) is 0 Å². The smallest absolute Gasteiger partial charge is 0.156 e. The molecule has 0 saturated heterocycles. The van der Waals surface area contributed by atoms with E-state index in [0.29, 0.717) is 0 Å². The lowest BCUT2D eigenvalue weighted by Gasteiger charge is -2.28. The Balaban J connectivity index is 1.79. The number of aromatic amines is 1. The van der Waals surface area contributed by atoms with Crippen LogP contribution in [-0.4, -0.2) is 21.5 Å². The molecule has 0 spiro atoms. The summed E-state index contributed by atoms with van der Waals surface area (Å²) in [5, 5.41) is 2.18. The van der Waals surface area contributed by atoms with Gasteiger partial charge in [0.25, 0.3) is 0 Å². The van der Waals surface area contributed by atoms with Crippen molar-refractivity contribution in [3.63, 3.8) is 0 Å². The normalized spacial score (nSPS) is 14.9. The van der Waals surface area contributed by atoms with E-state index in [4.69, 9.17) is 0 Å². The van der Waals surface area contributed by atoms with Gasteiger partial charge in [-0.3, -0.25) is 0 Å². The summed E-state index contributed by atoms with van der Waals surface area (Å²) in [4.78, 5) is 16.1. The highest BCUT2D eigenvalue weighted by atomic mass is 32.1. The highest BCUT2D eigenvalue weighted by molar-refractivity contribution is 7.10. The predicted molar refractivity (Wildman–Crippen MR) is 77.7 cm³/mol. The molecular formula is C14H14N4S. The maximum atomic E-state index is 4.49. The van der Waals surface area contributed by atoms with Gasteiger partial charge in [0, 0.05) is 23.7 Å². The molecule has 1 aliphatic rings. The topological polar surface area (TPSA) is 44.8 Å². The van der Waals surface area contributed by atoms with Crippen LogP contribution in [0.3, 0.4) is 0 Å². The molecule has 0 saturated carbocycles. The van der Waals surface area contributed by atoms with Gasteiger partial charge in [0.1, 0.15) is 11.8 Å². The Labute approximate surface area is 115 Å². The predicted octanol–water partition coefficient (Wildman–Crippen LogP) is 2.89. The number of aryl methyl sites for hydroxylation is 1. The molecule has 1 aliphatic heterocycles. The molecule has 5 heteroatoms. The number of aromatic nitrogens is 3. The zero-order chi connectivity index (χ0) is 12.8. The lowest BCUT2D eigenvalue weighted by Crippen LogP contribution is -2.30. The average molecular weight is 270 g/mol. The van der Waals surface area contributed by atoms with Crippen molar-refractivity contribution in [2.45, 2.75) is 19.9 Å². The molecule has 3 aromatic heterocycles. The summed E-state index contributed by atoms with van der Waals surface area (Å²) in [5.74, 6) is 1.02. The fourth-order valence-electron chi connectivity index (χ4n) is 2.73. The van der Waals surface area contributed by atoms with Crippen molar-refractivity contribution >= 4 is 28.2 Å². The van der Waals surface area contributed by atoms with Gasteiger partial charge in [-0.2, -0.15) is 0 Å². The van der Waals surface area contributed by atoms with Gasteiger partial charge in [-0.25, -0.2) is 9.97 Å². The van der Waals surface area contributed by atoms with Crippen LogP contribution in [-0.2, 0) is 13.0 Å². The molecule has 0 radical (unpaired) electrons. The second-order valence-electron chi connectivity index (χ2n) is 4.95. The van der Waals surface area contributed by atoms with E-state index >= 15 is 0 Å². The van der Waals surface area contributed by atoms with E-state index < -0.39 is 0 Å². The molecule has 4 nitrogen and oxygen atoms in total. The third kappa shape index (κ3) is 1.73. The fraction of sp³-hybridized carbons (Fsp3) is 0.286. The molecule has 0 unspecified atom stereocenters. The maximum Gasteiger partial charge on any atom is 0.156 e. The number of nitrogens with zero attached hydrogens (tertiary/aromatic N) is 3. The molecule has 96 valence electrons. The van der Waals surface area contributed by atoms with Gasteiger partial charge in [-0.1, -0.05) is 0 Å². The van der Waals surface area contributed by atoms with E-state index in [0.717, 1.165) is 42.1 Å². The van der Waals surface area contributed by atoms with Gasteiger partial charge in [-0.15, -0.1) is 11.3 Å². The molecule has 1 N–H and O–H groups in total. The second-order valence-corrected chi connectivity index (χ2v) is 5.95. The standard InChI is InChI=1S/C14H14N4S/c1-9-6-11-13(17-9)14(16-8-15-11)18-4-2-12-10(7-18)3-5-19-12/h3,5-6,8,17H,2,4,7H2,1H3. The van der Waals surface area contributed by atoms with Crippen LogP contribution in [0.15, 0.2) is 23.8 Å². The van der Waals surface area contributed by atoms with E-state index in [2.05, 4.69) is 44.3 Å². The van der Waals surface area contributed by atoms with Crippen molar-refractivity contribution in [1.82, 2.24) is 15.0 Å². The summed E-state index contributed by atoms with van der Waals surface area (Å²) in [7, 11) is 0. The summed E-state index contributed by atoms with van der Waals surface area (Å²) in [6.07, 6.45) is 2.77. The lowest BCUT2D eigenvalue weighted by atomic mass is 10.1. The Morgan fingerprint density at radius 2 is 2.32 bits per heavy atom. The number of hydrogen-bond donors (Lipinski definition) is 1. The number of hydrogen-bond acceptors (Lipinski definition) is 4. The molecular weight excluding hydrogens is 256 g/mol. The first kappa shape index (κ1) is 11.0. The van der Waals surface area contributed by atoms with Crippen LogP contribution in [0.5, 0.6) is 0 Å². The Morgan fingerprint density at radius 1 is 1.37 bits per heavy atom. The number of nitrogens with one attached hydrogen (secondary N) is 1. The molecule has 0 aromatic carbocycles. The third-order valence-electron chi connectivity index (χ3n) is 3.64. The first-order chi connectivity index (χ1) is 9.31. The number of thiophene rings is 1. The minimum absolute atomic E-state index is 0.947. The molecule has 4 heterocycles. The molecule has 0 atom stereocenters. The average Bonchev–Trinajstić information content (AvgIpc) is 3.01. The quantitative estimate of drug-likeness (QED) is 0.739. The number of fused-ring (bicyclic) bond motifs is 2. The molecule has 0 aliphatic carbocycles. The fourth-order valence-corrected chi connectivity index (χ4v) is 3.62. The van der Waals surface area contributed by atoms with E-state index in [-0.39, 0.29) is 0 Å². The molecule has 4 rings (SSSR count). The molecule has 0 fully saturated rings. The zero-order valence-electron chi connectivity index (χ0n) is 10.7. The molecule has 19 heavy (non-hydrogen) atoms. The van der Waals surface area contributed by atoms with Gasteiger partial charge >= 0.3 is 0 Å². The number of H-pyrrole nitrogens is 1. The van der Waals surface area contributed by atoms with E-state index in [1.54, 1.807) is 6.33 Å². The Hall–Kier alpha value is -1.88. The minimum Gasteiger partial charge on any atom is -0.354 e. The van der Waals surface area contributed by atoms with Crippen molar-refractivity contribution in [3.05, 3.63) is 40.0 Å². The maximum absolute atomic E-state index is 4.49. The van der Waals surface area contributed by atoms with E-state index in [9.17, 15) is 0 Å². The van der Waals surface area contributed by atoms with Crippen molar-refractivity contribution in [2.24, 2.45) is 0 Å². The third-order valence-corrected chi connectivity index (χ3v) is 4.66. The summed E-state index contributed by atoms with van der Waals surface area (Å²) in [6, 6.07) is 4.30. The van der Waals surface area contributed by atoms with Gasteiger partial charge in [0.15, 0.2) is 5.82 Å². The van der Waals surface area contributed by atoms with Crippen LogP contribution in [0.2, 0.25) is 0 Å². The van der Waals surface area contributed by atoms with Crippen molar-refractivity contribution in [2.75, 3.05) is 11.4 Å². The Morgan fingerprint density at radius 3 is 3.26 bits per heavy atom. The summed E-state index contributed by atoms with van der Waals surface area (Å²) < 4.78 is 0.